The number of nitrogens with zero attached hydrogens (tertiary/aromatic N) is 2. The Hall–Kier alpha value is -2.20. The molecule has 7 heteroatoms. The monoisotopic (exact) mass is 484 g/mol. The second-order valence-electron chi connectivity index (χ2n) is 9.79. The number of carboxylic acid groups (broad SMARTS) is 1. The lowest BCUT2D eigenvalue weighted by molar-refractivity contribution is 0.0698. The van der Waals surface area contributed by atoms with E-state index in [0.29, 0.717) is 10.7 Å². The van der Waals surface area contributed by atoms with Gasteiger partial charge < -0.3 is 10.0 Å². The molecule has 2 aromatic rings. The number of carboxylic acids is 1. The summed E-state index contributed by atoms with van der Waals surface area (Å²) < 4.78 is 11.4. The molecule has 0 bridgehead atoms. The number of hydrogen-bond donors (Lipinski definition) is 1. The van der Waals surface area contributed by atoms with Gasteiger partial charge in [-0.15, -0.1) is 0 Å². The van der Waals surface area contributed by atoms with Crippen LogP contribution in [0.3, 0.4) is 0 Å². The molecular formula is C26H30ClN2O3P. The first-order valence-corrected chi connectivity index (χ1v) is 12.6. The third-order valence-electron chi connectivity index (χ3n) is 6.84. The van der Waals surface area contributed by atoms with E-state index in [4.69, 9.17) is 11.6 Å². The minimum Gasteiger partial charge on any atom is -0.478 e. The van der Waals surface area contributed by atoms with Crippen LogP contribution in [-0.2, 0) is 4.57 Å². The Morgan fingerprint density at radius 3 is 2.42 bits per heavy atom. The molecule has 1 saturated heterocycles. The van der Waals surface area contributed by atoms with Crippen molar-refractivity contribution in [1.82, 2.24) is 4.90 Å². The van der Waals surface area contributed by atoms with Gasteiger partial charge in [0.15, 0.2) is 8.46 Å². The van der Waals surface area contributed by atoms with Crippen molar-refractivity contribution < 1.29 is 14.5 Å². The van der Waals surface area contributed by atoms with Crippen molar-refractivity contribution in [3.8, 4) is 0 Å². The first-order chi connectivity index (χ1) is 15.8. The molecule has 5 nitrogen and oxygen atoms in total. The van der Waals surface area contributed by atoms with Crippen molar-refractivity contribution in [2.45, 2.75) is 33.1 Å². The molecule has 2 aromatic carbocycles. The van der Waals surface area contributed by atoms with Gasteiger partial charge in [-0.2, -0.15) is 0 Å². The van der Waals surface area contributed by atoms with E-state index in [1.807, 2.05) is 18.2 Å². The molecule has 33 heavy (non-hydrogen) atoms. The Morgan fingerprint density at radius 2 is 1.79 bits per heavy atom. The summed E-state index contributed by atoms with van der Waals surface area (Å²) in [5.74, 6) is -1.05. The Balaban J connectivity index is 1.47. The normalized spacial score (nSPS) is 19.2. The predicted octanol–water partition coefficient (Wildman–Crippen LogP) is 5.74. The molecule has 1 fully saturated rings. The highest BCUT2D eigenvalue weighted by molar-refractivity contribution is 7.34. The lowest BCUT2D eigenvalue weighted by Crippen LogP contribution is -2.47. The molecule has 0 radical (unpaired) electrons. The maximum Gasteiger partial charge on any atom is 0.336 e. The van der Waals surface area contributed by atoms with Crippen LogP contribution in [0.1, 0.15) is 49.0 Å². The lowest BCUT2D eigenvalue weighted by Gasteiger charge is -2.39. The van der Waals surface area contributed by atoms with Crippen molar-refractivity contribution in [3.05, 3.63) is 64.2 Å². The van der Waals surface area contributed by atoms with Gasteiger partial charge in [0.05, 0.1) is 10.9 Å². The molecule has 174 valence electrons. The smallest absolute Gasteiger partial charge is 0.336 e. The highest BCUT2D eigenvalue weighted by atomic mass is 35.5. The largest absolute Gasteiger partial charge is 0.478 e. The zero-order chi connectivity index (χ0) is 23.6. The van der Waals surface area contributed by atoms with Crippen LogP contribution in [-0.4, -0.2) is 48.7 Å². The SMILES string of the molecule is CC1(C)CCC(CN2CCN(c3ccc(C(=O)O)c(P=O)c3)CC2)=C(c2ccc(Cl)cc2)C1. The van der Waals surface area contributed by atoms with Gasteiger partial charge in [-0.3, -0.25) is 9.46 Å². The number of carbonyl (C=O) groups is 1. The molecule has 4 rings (SSSR count). The Labute approximate surface area is 202 Å². The first-order valence-electron chi connectivity index (χ1n) is 11.4. The van der Waals surface area contributed by atoms with Crippen LogP contribution in [0.25, 0.3) is 5.57 Å². The highest BCUT2D eigenvalue weighted by Gasteiger charge is 2.29. The Bertz CT molecular complexity index is 1070. The fourth-order valence-corrected chi connectivity index (χ4v) is 5.45. The van der Waals surface area contributed by atoms with Gasteiger partial charge in [-0.1, -0.05) is 43.2 Å². The summed E-state index contributed by atoms with van der Waals surface area (Å²) in [6, 6.07) is 13.4. The van der Waals surface area contributed by atoms with Crippen molar-refractivity contribution in [3.63, 3.8) is 0 Å². The second-order valence-corrected chi connectivity index (χ2v) is 10.9. The first kappa shape index (κ1) is 23.9. The Morgan fingerprint density at radius 1 is 1.09 bits per heavy atom. The number of aromatic carboxylic acids is 1. The van der Waals surface area contributed by atoms with E-state index < -0.39 is 5.97 Å². The molecule has 0 amide bonds. The standard InChI is InChI=1S/C26H30ClN2O3P/c1-26(2)10-9-19(23(16-26)18-3-5-20(27)6-4-18)17-28-11-13-29(14-12-28)21-7-8-22(25(30)31)24(15-21)33-32/h3-8,15H,9-14,16-17H2,1-2H3,(H,30,31). The van der Waals surface area contributed by atoms with Crippen LogP contribution >= 0.6 is 20.1 Å². The number of benzene rings is 2. The molecule has 1 heterocycles. The number of halogens is 1. The molecule has 2 aliphatic rings. The zero-order valence-electron chi connectivity index (χ0n) is 19.2. The molecule has 0 saturated carbocycles. The summed E-state index contributed by atoms with van der Waals surface area (Å²) in [6.45, 7) is 9.27. The van der Waals surface area contributed by atoms with Crippen LogP contribution < -0.4 is 10.2 Å². The minimum atomic E-state index is -1.05. The van der Waals surface area contributed by atoms with Crippen molar-refractivity contribution in [1.29, 1.82) is 0 Å². The Kier molecular flexibility index (Phi) is 7.23. The summed E-state index contributed by atoms with van der Waals surface area (Å²) in [4.78, 5) is 16.1. The van der Waals surface area contributed by atoms with Gasteiger partial charge >= 0.3 is 5.97 Å². The van der Waals surface area contributed by atoms with E-state index in [1.165, 1.54) is 23.1 Å². The molecule has 1 N–H and O–H groups in total. The van der Waals surface area contributed by atoms with Gasteiger partial charge in [0, 0.05) is 43.4 Å². The van der Waals surface area contributed by atoms with Gasteiger partial charge in [-0.05, 0) is 66.1 Å². The molecule has 0 aromatic heterocycles. The van der Waals surface area contributed by atoms with Crippen molar-refractivity contribution in [2.24, 2.45) is 5.41 Å². The average molecular weight is 485 g/mol. The molecule has 0 unspecified atom stereocenters. The van der Waals surface area contributed by atoms with Crippen LogP contribution in [0, 0.1) is 5.41 Å². The summed E-state index contributed by atoms with van der Waals surface area (Å²) in [6.07, 6.45) is 3.40. The highest BCUT2D eigenvalue weighted by Crippen LogP contribution is 2.43. The van der Waals surface area contributed by atoms with E-state index in [9.17, 15) is 14.5 Å². The van der Waals surface area contributed by atoms with Crippen LogP contribution in [0.4, 0.5) is 5.69 Å². The third-order valence-corrected chi connectivity index (χ3v) is 7.66. The van der Waals surface area contributed by atoms with Crippen LogP contribution in [0.15, 0.2) is 48.0 Å². The molecular weight excluding hydrogens is 455 g/mol. The van der Waals surface area contributed by atoms with Crippen molar-refractivity contribution >= 4 is 42.6 Å². The molecule has 1 aliphatic carbocycles. The zero-order valence-corrected chi connectivity index (χ0v) is 20.8. The summed E-state index contributed by atoms with van der Waals surface area (Å²) in [5.41, 5.74) is 5.60. The lowest BCUT2D eigenvalue weighted by atomic mass is 9.72. The second kappa shape index (κ2) is 9.97. The summed E-state index contributed by atoms with van der Waals surface area (Å²) in [7, 11) is -0.266. The maximum absolute atomic E-state index is 11.4. The van der Waals surface area contributed by atoms with Gasteiger partial charge in [-0.25, -0.2) is 4.79 Å². The number of allylic oxidation sites excluding steroid dienone is 1. The maximum atomic E-state index is 11.4. The number of hydrogen-bond acceptors (Lipinski definition) is 4. The third kappa shape index (κ3) is 5.66. The van der Waals surface area contributed by atoms with E-state index in [0.717, 1.165) is 56.3 Å². The van der Waals surface area contributed by atoms with E-state index in [-0.39, 0.29) is 14.0 Å². The minimum absolute atomic E-state index is 0.0935. The van der Waals surface area contributed by atoms with Crippen LogP contribution in [0.5, 0.6) is 0 Å². The molecule has 0 spiro atoms. The van der Waals surface area contributed by atoms with Crippen LogP contribution in [0.2, 0.25) is 5.02 Å². The average Bonchev–Trinajstić information content (AvgIpc) is 2.80. The summed E-state index contributed by atoms with van der Waals surface area (Å²) in [5, 5.41) is 10.4. The van der Waals surface area contributed by atoms with E-state index >= 15 is 0 Å². The number of anilines is 1. The van der Waals surface area contributed by atoms with Crippen molar-refractivity contribution in [2.75, 3.05) is 37.6 Å². The number of rotatable bonds is 6. The fraction of sp³-hybridized carbons (Fsp3) is 0.423. The quantitative estimate of drug-likeness (QED) is 0.530. The molecule has 0 atom stereocenters. The molecule has 1 aliphatic heterocycles. The van der Waals surface area contributed by atoms with Gasteiger partial charge in [0.2, 0.25) is 0 Å². The topological polar surface area (TPSA) is 60.9 Å². The fourth-order valence-electron chi connectivity index (χ4n) is 4.87. The van der Waals surface area contributed by atoms with Gasteiger partial charge in [0.25, 0.3) is 0 Å². The number of piperazine rings is 1. The predicted molar refractivity (Wildman–Crippen MR) is 135 cm³/mol. The van der Waals surface area contributed by atoms with E-state index in [1.54, 1.807) is 12.1 Å². The van der Waals surface area contributed by atoms with E-state index in [2.05, 4.69) is 35.8 Å². The summed E-state index contributed by atoms with van der Waals surface area (Å²) >= 11 is 6.13. The van der Waals surface area contributed by atoms with Gasteiger partial charge in [0.1, 0.15) is 0 Å².